The Morgan fingerprint density at radius 3 is 1.61 bits per heavy atom. The van der Waals surface area contributed by atoms with E-state index in [2.05, 4.69) is 30.9 Å². The third-order valence-corrected chi connectivity index (χ3v) is 9.88. The van der Waals surface area contributed by atoms with Gasteiger partial charge in [0, 0.05) is 28.2 Å². The molecule has 18 nitrogen and oxygen atoms in total. The molecule has 0 amide bonds. The van der Waals surface area contributed by atoms with E-state index in [0.717, 1.165) is 24.3 Å². The number of nitrogen functional groups attached to an aromatic ring is 1. The monoisotopic (exact) mass is 839 g/mol. The number of ketones is 2. The van der Waals surface area contributed by atoms with Gasteiger partial charge in [-0.15, -0.1) is 0 Å². The molecule has 6 rings (SSSR count). The van der Waals surface area contributed by atoms with Gasteiger partial charge in [0.05, 0.1) is 37.2 Å². The first-order valence-corrected chi connectivity index (χ1v) is 18.4. The number of halogens is 1. The molecule has 4 aromatic carbocycles. The fraction of sp³-hybridized carbons (Fsp3) is 0. The van der Waals surface area contributed by atoms with Gasteiger partial charge < -0.3 is 35.3 Å². The van der Waals surface area contributed by atoms with Crippen LogP contribution in [0, 0.1) is 0 Å². The van der Waals surface area contributed by atoms with Gasteiger partial charge in [0.1, 0.15) is 30.4 Å². The van der Waals surface area contributed by atoms with E-state index in [1.807, 2.05) is 0 Å². The van der Waals surface area contributed by atoms with Gasteiger partial charge in [0.15, 0.2) is 11.6 Å². The quantitative estimate of drug-likeness (QED) is 0.0598. The van der Waals surface area contributed by atoms with Crippen LogP contribution in [0.25, 0.3) is 0 Å². The minimum Gasteiger partial charge on any atom is -0.744 e. The molecule has 0 aliphatic heterocycles. The molecule has 54 heavy (non-hydrogen) atoms. The maximum atomic E-state index is 13.7. The van der Waals surface area contributed by atoms with E-state index < -0.39 is 84.4 Å². The third-order valence-electron chi connectivity index (χ3n) is 7.19. The van der Waals surface area contributed by atoms with E-state index in [1.54, 1.807) is 0 Å². The van der Waals surface area contributed by atoms with Gasteiger partial charge in [0.25, 0.3) is 0 Å². The third kappa shape index (κ3) is 9.87. The van der Waals surface area contributed by atoms with Crippen molar-refractivity contribution in [2.75, 3.05) is 21.7 Å². The number of hydrogen-bond donors (Lipinski definition) is 4. The van der Waals surface area contributed by atoms with Crippen molar-refractivity contribution in [3.8, 4) is 0 Å². The van der Waals surface area contributed by atoms with Crippen LogP contribution in [0.1, 0.15) is 31.8 Å². The van der Waals surface area contributed by atoms with Gasteiger partial charge in [-0.25, -0.2) is 25.3 Å². The molecule has 262 valence electrons. The summed E-state index contributed by atoms with van der Waals surface area (Å²) < 4.78 is 107. The Hall–Kier alpha value is -2.55. The number of carbonyl (C=O) groups is 2. The van der Waals surface area contributed by atoms with Gasteiger partial charge in [-0.3, -0.25) is 9.59 Å². The maximum absolute atomic E-state index is 13.7. The molecular formula is C29H17ClN7Na3O11S3. The van der Waals surface area contributed by atoms with Crippen molar-refractivity contribution in [3.05, 3.63) is 100 Å². The van der Waals surface area contributed by atoms with Gasteiger partial charge in [-0.1, -0.05) is 30.3 Å². The summed E-state index contributed by atoms with van der Waals surface area (Å²) in [6, 6.07) is 13.9. The summed E-state index contributed by atoms with van der Waals surface area (Å²) in [7, 11) is -15.4. The van der Waals surface area contributed by atoms with E-state index in [9.17, 15) is 48.5 Å². The number of hydrogen-bond acceptors (Lipinski definition) is 18. The fourth-order valence-electron chi connectivity index (χ4n) is 5.09. The number of aromatic nitrogens is 3. The second-order valence-electron chi connectivity index (χ2n) is 10.6. The largest absolute Gasteiger partial charge is 1.00 e. The molecule has 25 heteroatoms. The van der Waals surface area contributed by atoms with Crippen molar-refractivity contribution in [2.45, 2.75) is 14.7 Å². The number of anilines is 7. The Morgan fingerprint density at radius 2 is 1.07 bits per heavy atom. The Labute approximate surface area is 378 Å². The SMILES string of the molecule is Nc1c(S(=O)(=O)[O-])cc(Nc2cc(Nc3nc(Cl)nc(Nc4cccc(S(=O)(=O)[O-])c4)n3)cc(S(=O)(=O)[O-])c2)c2c1C(=O)c1ccccc1C2=O.[Na+].[Na+].[Na+]. The number of rotatable bonds is 9. The van der Waals surface area contributed by atoms with Crippen LogP contribution in [0.3, 0.4) is 0 Å². The molecular weight excluding hydrogens is 823 g/mol. The number of nitrogens with zero attached hydrogens (tertiary/aromatic N) is 3. The predicted molar refractivity (Wildman–Crippen MR) is 176 cm³/mol. The first kappa shape index (κ1) is 45.8. The zero-order valence-electron chi connectivity index (χ0n) is 27.9. The summed E-state index contributed by atoms with van der Waals surface area (Å²) >= 11 is 6.03. The normalized spacial score (nSPS) is 12.2. The molecule has 0 unspecified atom stereocenters. The van der Waals surface area contributed by atoms with Crippen molar-refractivity contribution in [1.82, 2.24) is 15.0 Å². The van der Waals surface area contributed by atoms with Crippen LogP contribution < -0.4 is 110 Å². The summed E-state index contributed by atoms with van der Waals surface area (Å²) in [5.74, 6) is -2.26. The second-order valence-corrected chi connectivity index (χ2v) is 15.0. The molecule has 0 spiro atoms. The van der Waals surface area contributed by atoms with Crippen molar-refractivity contribution in [1.29, 1.82) is 0 Å². The first-order valence-electron chi connectivity index (χ1n) is 13.8. The van der Waals surface area contributed by atoms with E-state index in [4.69, 9.17) is 17.3 Å². The molecule has 0 atom stereocenters. The molecule has 1 aliphatic carbocycles. The Bertz CT molecular complexity index is 2690. The summed E-state index contributed by atoms with van der Waals surface area (Å²) in [5.41, 5.74) is 3.17. The van der Waals surface area contributed by atoms with E-state index in [-0.39, 0.29) is 129 Å². The van der Waals surface area contributed by atoms with Crippen LogP contribution in [0.2, 0.25) is 5.28 Å². The van der Waals surface area contributed by atoms with Gasteiger partial charge in [-0.05, 0) is 54.1 Å². The minimum atomic E-state index is -5.34. The van der Waals surface area contributed by atoms with Crippen molar-refractivity contribution >= 4 is 93.9 Å². The number of carbonyl (C=O) groups excluding carboxylic acids is 2. The number of fused-ring (bicyclic) bond motifs is 2. The predicted octanol–water partition coefficient (Wildman–Crippen LogP) is -6.16. The number of nitrogens with two attached hydrogens (primary N) is 1. The zero-order valence-corrected chi connectivity index (χ0v) is 37.1. The smallest absolute Gasteiger partial charge is 0.744 e. The van der Waals surface area contributed by atoms with E-state index in [0.29, 0.717) is 6.07 Å². The van der Waals surface area contributed by atoms with Crippen LogP contribution in [-0.2, 0) is 30.4 Å². The standard InChI is InChI=1S/C29H20ClN7O11S3.3Na/c30-27-35-28(33-13-4-3-5-16(9-13)49(40,41)42)37-29(36-27)34-15-8-14(10-17(11-15)50(43,44)45)32-20-12-21(51(46,47)48)24(31)23-22(20)25(38)18-6-1-2-7-19(18)26(23)39;;;/h1-12,32H,31H2,(H,40,41,42)(H,43,44,45)(H,46,47,48)(H2,33,34,35,36,37);;;/q;3*+1/p-3. The molecule has 1 aromatic heterocycles. The van der Waals surface area contributed by atoms with Crippen LogP contribution in [0.4, 0.5) is 40.3 Å². The average molecular weight is 840 g/mol. The Morgan fingerprint density at radius 1 is 0.574 bits per heavy atom. The number of nitrogens with one attached hydrogen (secondary N) is 3. The van der Waals surface area contributed by atoms with Crippen molar-refractivity contribution in [2.24, 2.45) is 0 Å². The molecule has 5 N–H and O–H groups in total. The Kier molecular flexibility index (Phi) is 14.7. The topological polar surface area (TPSA) is 307 Å². The fourth-order valence-corrected chi connectivity index (χ4v) is 6.94. The van der Waals surface area contributed by atoms with E-state index in [1.165, 1.54) is 42.5 Å². The molecule has 0 saturated carbocycles. The zero-order chi connectivity index (χ0) is 37.0. The van der Waals surface area contributed by atoms with Crippen LogP contribution in [0.15, 0.2) is 87.5 Å². The summed E-state index contributed by atoms with van der Waals surface area (Å²) in [6.07, 6.45) is 0. The van der Waals surface area contributed by atoms with Gasteiger partial charge in [-0.2, -0.15) is 15.0 Å². The molecule has 0 fully saturated rings. The maximum Gasteiger partial charge on any atom is 1.00 e. The Balaban J connectivity index is 0.00000261. The van der Waals surface area contributed by atoms with E-state index >= 15 is 0 Å². The van der Waals surface area contributed by atoms with Crippen molar-refractivity contribution in [3.63, 3.8) is 0 Å². The van der Waals surface area contributed by atoms with Crippen LogP contribution >= 0.6 is 11.6 Å². The molecule has 1 aliphatic rings. The molecule has 0 radical (unpaired) electrons. The summed E-state index contributed by atoms with van der Waals surface area (Å²) in [5, 5.41) is 7.46. The van der Waals surface area contributed by atoms with Gasteiger partial charge in [0.2, 0.25) is 17.2 Å². The molecule has 0 saturated heterocycles. The first-order chi connectivity index (χ1) is 23.8. The average Bonchev–Trinajstić information content (AvgIpc) is 3.02. The van der Waals surface area contributed by atoms with Crippen molar-refractivity contribution < 1.29 is 137 Å². The number of benzene rings is 4. The summed E-state index contributed by atoms with van der Waals surface area (Å²) in [6.45, 7) is 0. The summed E-state index contributed by atoms with van der Waals surface area (Å²) in [4.78, 5) is 36.5. The second kappa shape index (κ2) is 17.3. The minimum absolute atomic E-state index is 0. The molecule has 1 heterocycles. The van der Waals surface area contributed by atoms with Crippen LogP contribution in [-0.4, -0.2) is 65.4 Å². The van der Waals surface area contributed by atoms with Crippen LogP contribution in [0.5, 0.6) is 0 Å². The molecule has 5 aromatic rings. The molecule has 0 bridgehead atoms. The van der Waals surface area contributed by atoms with Gasteiger partial charge >= 0.3 is 88.7 Å².